The first kappa shape index (κ1) is 14.3. The number of carbonyl (C=O) groups excluding carboxylic acids is 3. The minimum Gasteiger partial charge on any atom is -0.455 e. The van der Waals surface area contributed by atoms with E-state index in [9.17, 15) is 14.4 Å². The zero-order chi connectivity index (χ0) is 15.4. The maximum Gasteiger partial charge on any atom is 0.511 e. The van der Waals surface area contributed by atoms with Gasteiger partial charge < -0.3 is 18.9 Å². The maximum absolute atomic E-state index is 12.3. The van der Waals surface area contributed by atoms with Gasteiger partial charge in [0.15, 0.2) is 6.10 Å². The smallest absolute Gasteiger partial charge is 0.455 e. The maximum atomic E-state index is 12.3. The lowest BCUT2D eigenvalue weighted by molar-refractivity contribution is -0.152. The minimum atomic E-state index is -0.850. The van der Waals surface area contributed by atoms with Gasteiger partial charge in [-0.25, -0.2) is 4.79 Å². The van der Waals surface area contributed by atoms with Crippen molar-refractivity contribution in [3.05, 3.63) is 0 Å². The highest BCUT2D eigenvalue weighted by Gasteiger charge is 2.63. The van der Waals surface area contributed by atoms with Gasteiger partial charge in [0, 0.05) is 11.8 Å². The fraction of sp³-hybridized carbons (Fsp3) is 0.786. The van der Waals surface area contributed by atoms with Gasteiger partial charge >= 0.3 is 12.1 Å². The molecule has 0 spiro atoms. The Morgan fingerprint density at radius 1 is 1.10 bits per heavy atom. The standard InChI is InChI=1S/C14H18O7/c1-4-14(2,3)7(15)5-6-8-9(18-11(6)16)10-12(19-8)21-13(17)20-10/h6,8-10,12H,4-5H2,1-3H3. The van der Waals surface area contributed by atoms with Crippen LogP contribution in [0.25, 0.3) is 0 Å². The lowest BCUT2D eigenvalue weighted by Gasteiger charge is -2.23. The van der Waals surface area contributed by atoms with E-state index in [1.54, 1.807) is 0 Å². The Balaban J connectivity index is 1.72. The Morgan fingerprint density at radius 2 is 1.81 bits per heavy atom. The molecule has 0 aliphatic carbocycles. The normalized spacial score (nSPS) is 37.6. The van der Waals surface area contributed by atoms with Gasteiger partial charge in [-0.2, -0.15) is 0 Å². The molecule has 5 unspecified atom stereocenters. The number of hydrogen-bond donors (Lipinski definition) is 0. The molecule has 5 atom stereocenters. The van der Waals surface area contributed by atoms with Gasteiger partial charge in [0.25, 0.3) is 0 Å². The van der Waals surface area contributed by atoms with Gasteiger partial charge in [0.2, 0.25) is 12.4 Å². The van der Waals surface area contributed by atoms with E-state index in [1.165, 1.54) is 0 Å². The van der Waals surface area contributed by atoms with Crippen LogP contribution in [0.15, 0.2) is 0 Å². The van der Waals surface area contributed by atoms with Crippen molar-refractivity contribution in [2.75, 3.05) is 0 Å². The van der Waals surface area contributed by atoms with Crippen molar-refractivity contribution >= 4 is 17.9 Å². The van der Waals surface area contributed by atoms with Crippen molar-refractivity contribution in [2.45, 2.75) is 58.2 Å². The summed E-state index contributed by atoms with van der Waals surface area (Å²) in [6, 6.07) is 0. The molecule has 3 aliphatic heterocycles. The van der Waals surface area contributed by atoms with Crippen molar-refractivity contribution in [3.63, 3.8) is 0 Å². The number of hydrogen-bond acceptors (Lipinski definition) is 7. The summed E-state index contributed by atoms with van der Waals surface area (Å²) in [6.45, 7) is 5.63. The van der Waals surface area contributed by atoms with Crippen LogP contribution in [0.2, 0.25) is 0 Å². The summed E-state index contributed by atoms with van der Waals surface area (Å²) < 4.78 is 20.6. The van der Waals surface area contributed by atoms with Crippen LogP contribution < -0.4 is 0 Å². The number of rotatable bonds is 4. The summed E-state index contributed by atoms with van der Waals surface area (Å²) in [6.07, 6.45) is -2.94. The highest BCUT2D eigenvalue weighted by molar-refractivity contribution is 5.89. The molecule has 116 valence electrons. The lowest BCUT2D eigenvalue weighted by Crippen LogP contribution is -2.33. The van der Waals surface area contributed by atoms with Crippen LogP contribution in [-0.2, 0) is 28.5 Å². The molecule has 3 aliphatic rings. The predicted octanol–water partition coefficient (Wildman–Crippen LogP) is 1.18. The van der Waals surface area contributed by atoms with Crippen molar-refractivity contribution in [3.8, 4) is 0 Å². The molecule has 3 fully saturated rings. The summed E-state index contributed by atoms with van der Waals surface area (Å²) in [5.41, 5.74) is -0.490. The number of Topliss-reactive ketones (excluding diaryl/α,β-unsaturated/α-hetero) is 1. The lowest BCUT2D eigenvalue weighted by atomic mass is 9.80. The van der Waals surface area contributed by atoms with E-state index in [2.05, 4.69) is 0 Å². The average molecular weight is 298 g/mol. The number of fused-ring (bicyclic) bond motifs is 3. The van der Waals surface area contributed by atoms with Crippen LogP contribution in [0, 0.1) is 11.3 Å². The van der Waals surface area contributed by atoms with Gasteiger partial charge in [-0.1, -0.05) is 20.8 Å². The molecular formula is C14H18O7. The largest absolute Gasteiger partial charge is 0.511 e. The molecule has 3 rings (SSSR count). The highest BCUT2D eigenvalue weighted by atomic mass is 16.9. The van der Waals surface area contributed by atoms with E-state index in [1.807, 2.05) is 20.8 Å². The topological polar surface area (TPSA) is 88.1 Å². The number of esters is 1. The van der Waals surface area contributed by atoms with E-state index in [4.69, 9.17) is 18.9 Å². The zero-order valence-electron chi connectivity index (χ0n) is 12.2. The van der Waals surface area contributed by atoms with Gasteiger partial charge in [-0.05, 0) is 6.42 Å². The predicted molar refractivity (Wildman–Crippen MR) is 67.1 cm³/mol. The number of ketones is 1. The molecule has 0 amide bonds. The van der Waals surface area contributed by atoms with Gasteiger partial charge in [0.1, 0.15) is 11.9 Å². The molecule has 0 saturated carbocycles. The fourth-order valence-corrected chi connectivity index (χ4v) is 2.79. The highest BCUT2D eigenvalue weighted by Crippen LogP contribution is 2.42. The molecule has 21 heavy (non-hydrogen) atoms. The molecule has 0 aromatic carbocycles. The van der Waals surface area contributed by atoms with Crippen molar-refractivity contribution < 1.29 is 33.3 Å². The van der Waals surface area contributed by atoms with Gasteiger partial charge in [0.05, 0.1) is 5.92 Å². The van der Waals surface area contributed by atoms with Crippen molar-refractivity contribution in [1.82, 2.24) is 0 Å². The Morgan fingerprint density at radius 3 is 2.48 bits per heavy atom. The van der Waals surface area contributed by atoms with Crippen LogP contribution in [0.1, 0.15) is 33.6 Å². The van der Waals surface area contributed by atoms with Crippen LogP contribution in [0.3, 0.4) is 0 Å². The monoisotopic (exact) mass is 298 g/mol. The Kier molecular flexibility index (Phi) is 3.20. The van der Waals surface area contributed by atoms with E-state index in [-0.39, 0.29) is 12.2 Å². The number of carbonyl (C=O) groups is 3. The fourth-order valence-electron chi connectivity index (χ4n) is 2.79. The first-order valence-electron chi connectivity index (χ1n) is 7.10. The second-order valence-corrected chi connectivity index (χ2v) is 6.29. The first-order chi connectivity index (χ1) is 9.83. The van der Waals surface area contributed by atoms with Crippen LogP contribution in [0.4, 0.5) is 4.79 Å². The average Bonchev–Trinajstić information content (AvgIpc) is 3.01. The SMILES string of the molecule is CCC(C)(C)C(=O)CC1C(=O)OC2C3OC(=O)OC3OC12. The third kappa shape index (κ3) is 2.19. The van der Waals surface area contributed by atoms with Crippen LogP contribution in [0.5, 0.6) is 0 Å². The molecule has 3 heterocycles. The number of ether oxygens (including phenoxy) is 4. The molecule has 0 aromatic rings. The molecule has 3 saturated heterocycles. The Hall–Kier alpha value is -1.63. The third-order valence-corrected chi connectivity index (χ3v) is 4.65. The molecular weight excluding hydrogens is 280 g/mol. The minimum absolute atomic E-state index is 0.00817. The Bertz CT molecular complexity index is 498. The third-order valence-electron chi connectivity index (χ3n) is 4.65. The van der Waals surface area contributed by atoms with Gasteiger partial charge in [-0.3, -0.25) is 9.59 Å². The molecule has 0 radical (unpaired) electrons. The second kappa shape index (κ2) is 4.69. The van der Waals surface area contributed by atoms with Crippen LogP contribution in [-0.4, -0.2) is 42.5 Å². The van der Waals surface area contributed by atoms with E-state index in [0.29, 0.717) is 6.42 Å². The molecule has 0 N–H and O–H groups in total. The van der Waals surface area contributed by atoms with E-state index < -0.39 is 48.1 Å². The first-order valence-corrected chi connectivity index (χ1v) is 7.10. The summed E-state index contributed by atoms with van der Waals surface area (Å²) in [7, 11) is 0. The molecule has 0 aromatic heterocycles. The van der Waals surface area contributed by atoms with Crippen molar-refractivity contribution in [2.24, 2.45) is 11.3 Å². The van der Waals surface area contributed by atoms with Gasteiger partial charge in [-0.15, -0.1) is 0 Å². The van der Waals surface area contributed by atoms with Crippen LogP contribution >= 0.6 is 0 Å². The zero-order valence-corrected chi connectivity index (χ0v) is 12.2. The summed E-state index contributed by atoms with van der Waals surface area (Å²) in [5.74, 6) is -1.15. The second-order valence-electron chi connectivity index (χ2n) is 6.29. The van der Waals surface area contributed by atoms with E-state index >= 15 is 0 Å². The molecule has 7 heteroatoms. The molecule has 7 nitrogen and oxygen atoms in total. The summed E-state index contributed by atoms with van der Waals surface area (Å²) in [4.78, 5) is 35.3. The Labute approximate surface area is 121 Å². The van der Waals surface area contributed by atoms with E-state index in [0.717, 1.165) is 0 Å². The molecule has 0 bridgehead atoms. The summed E-state index contributed by atoms with van der Waals surface area (Å²) in [5, 5.41) is 0. The summed E-state index contributed by atoms with van der Waals surface area (Å²) >= 11 is 0. The quantitative estimate of drug-likeness (QED) is 0.720. The van der Waals surface area contributed by atoms with Crippen molar-refractivity contribution in [1.29, 1.82) is 0 Å².